The summed E-state index contributed by atoms with van der Waals surface area (Å²) < 4.78 is 5.88. The summed E-state index contributed by atoms with van der Waals surface area (Å²) >= 11 is 1.75. The summed E-state index contributed by atoms with van der Waals surface area (Å²) in [6, 6.07) is 18.1. The van der Waals surface area contributed by atoms with E-state index >= 15 is 0 Å². The minimum Gasteiger partial charge on any atom is -0.489 e. The maximum atomic E-state index is 12.9. The van der Waals surface area contributed by atoms with Gasteiger partial charge in [0.2, 0.25) is 0 Å². The Morgan fingerprint density at radius 2 is 1.90 bits per heavy atom. The van der Waals surface area contributed by atoms with E-state index in [4.69, 9.17) is 4.74 Å². The second kappa shape index (κ2) is 8.13. The molecule has 0 saturated heterocycles. The predicted octanol–water partition coefficient (Wildman–Crippen LogP) is 3.14. The van der Waals surface area contributed by atoms with Crippen LogP contribution in [0.2, 0.25) is 0 Å². The molecular weight excluding hydrogens is 394 g/mol. The molecule has 1 unspecified atom stereocenters. The van der Waals surface area contributed by atoms with Crippen LogP contribution in [0.15, 0.2) is 54.6 Å². The zero-order valence-corrected chi connectivity index (χ0v) is 17.9. The van der Waals surface area contributed by atoms with Gasteiger partial charge in [0.05, 0.1) is 23.5 Å². The molecule has 2 aromatic carbocycles. The summed E-state index contributed by atoms with van der Waals surface area (Å²) in [4.78, 5) is 15.8. The molecule has 3 heterocycles. The van der Waals surface area contributed by atoms with Gasteiger partial charge in [-0.1, -0.05) is 42.5 Å². The average Bonchev–Trinajstić information content (AvgIpc) is 3.16. The van der Waals surface area contributed by atoms with Crippen LogP contribution >= 0.6 is 11.3 Å². The number of benzene rings is 2. The predicted molar refractivity (Wildman–Crippen MR) is 119 cm³/mol. The molecule has 0 saturated carbocycles. The van der Waals surface area contributed by atoms with Crippen molar-refractivity contribution in [3.63, 3.8) is 0 Å². The lowest BCUT2D eigenvalue weighted by molar-refractivity contribution is -0.913. The van der Waals surface area contributed by atoms with Crippen molar-refractivity contribution >= 4 is 22.2 Å². The van der Waals surface area contributed by atoms with Crippen molar-refractivity contribution in [2.45, 2.75) is 32.7 Å². The monoisotopic (exact) mass is 420 g/mol. The highest BCUT2D eigenvalue weighted by atomic mass is 32.1. The van der Waals surface area contributed by atoms with Crippen LogP contribution in [0.1, 0.15) is 45.0 Å². The smallest absolute Gasteiger partial charge is 0.256 e. The summed E-state index contributed by atoms with van der Waals surface area (Å²) in [5, 5.41) is 7.69. The first-order valence-electron chi connectivity index (χ1n) is 10.5. The van der Waals surface area contributed by atoms with Crippen LogP contribution in [0.5, 0.6) is 5.75 Å². The number of fused-ring (bicyclic) bond motifs is 3. The fourth-order valence-electron chi connectivity index (χ4n) is 4.21. The van der Waals surface area contributed by atoms with E-state index in [1.807, 2.05) is 42.5 Å². The highest BCUT2D eigenvalue weighted by Gasteiger charge is 2.34. The highest BCUT2D eigenvalue weighted by Crippen LogP contribution is 2.39. The summed E-state index contributed by atoms with van der Waals surface area (Å²) in [5.41, 5.74) is 4.28. The first kappa shape index (κ1) is 19.2. The Morgan fingerprint density at radius 3 is 2.67 bits per heavy atom. The Bertz CT molecular complexity index is 1050. The topological polar surface area (TPSA) is 54.8 Å². The molecule has 0 bridgehead atoms. The standard InChI is InChI=1S/C24H25N3O2S/c1-2-27-13-12-19-20(14-27)30-24-21(19)23(28)25-22(26-24)17-8-10-18(11-9-17)29-15-16-6-4-3-5-7-16/h3-11,22,26H,2,12-15H2,1H3,(H,25,28)/p+1/t22-/m0/s1. The number of hydrogen-bond donors (Lipinski definition) is 3. The molecule has 2 aliphatic heterocycles. The fourth-order valence-corrected chi connectivity index (χ4v) is 5.56. The lowest BCUT2D eigenvalue weighted by Gasteiger charge is -2.27. The first-order chi connectivity index (χ1) is 14.7. The lowest BCUT2D eigenvalue weighted by Crippen LogP contribution is -3.11. The number of hydrogen-bond acceptors (Lipinski definition) is 4. The van der Waals surface area contributed by atoms with Crippen molar-refractivity contribution in [2.75, 3.05) is 18.4 Å². The molecule has 30 heavy (non-hydrogen) atoms. The van der Waals surface area contributed by atoms with Gasteiger partial charge in [0.1, 0.15) is 30.1 Å². The number of ether oxygens (including phenoxy) is 1. The molecule has 154 valence electrons. The van der Waals surface area contributed by atoms with E-state index < -0.39 is 0 Å². The van der Waals surface area contributed by atoms with Crippen LogP contribution in [0.3, 0.4) is 0 Å². The minimum atomic E-state index is -0.220. The van der Waals surface area contributed by atoms with Gasteiger partial charge in [-0.2, -0.15) is 0 Å². The molecule has 1 amide bonds. The van der Waals surface area contributed by atoms with Crippen molar-refractivity contribution in [3.8, 4) is 5.75 Å². The maximum Gasteiger partial charge on any atom is 0.256 e. The zero-order chi connectivity index (χ0) is 20.5. The van der Waals surface area contributed by atoms with Crippen molar-refractivity contribution in [3.05, 3.63) is 81.7 Å². The molecule has 3 aromatic rings. The SMILES string of the molecule is CC[NH+]1CCc2c(sc3c2C(=O)N[C@H](c2ccc(OCc4ccccc4)cc2)N3)C1. The molecule has 3 N–H and O–H groups in total. The fraction of sp³-hybridized carbons (Fsp3) is 0.292. The molecule has 0 fully saturated rings. The van der Waals surface area contributed by atoms with E-state index in [1.165, 1.54) is 10.4 Å². The van der Waals surface area contributed by atoms with Gasteiger partial charge in [0, 0.05) is 6.42 Å². The normalized spacial score (nSPS) is 20.0. The summed E-state index contributed by atoms with van der Waals surface area (Å²) in [5.74, 6) is 0.857. The number of carbonyl (C=O) groups excluding carboxylic acids is 1. The third-order valence-corrected chi connectivity index (χ3v) is 7.13. The van der Waals surface area contributed by atoms with Crippen LogP contribution < -0.4 is 20.3 Å². The van der Waals surface area contributed by atoms with E-state index in [0.29, 0.717) is 6.61 Å². The molecule has 6 heteroatoms. The van der Waals surface area contributed by atoms with Crippen molar-refractivity contribution in [2.24, 2.45) is 0 Å². The highest BCUT2D eigenvalue weighted by molar-refractivity contribution is 7.16. The summed E-state index contributed by atoms with van der Waals surface area (Å²) in [7, 11) is 0. The van der Waals surface area contributed by atoms with Crippen LogP contribution in [0.25, 0.3) is 0 Å². The molecule has 2 aliphatic rings. The van der Waals surface area contributed by atoms with Gasteiger partial charge < -0.3 is 20.3 Å². The molecule has 0 spiro atoms. The number of anilines is 1. The van der Waals surface area contributed by atoms with Gasteiger partial charge in [0.15, 0.2) is 0 Å². The molecule has 0 radical (unpaired) electrons. The van der Waals surface area contributed by atoms with E-state index in [0.717, 1.165) is 53.5 Å². The second-order valence-corrected chi connectivity index (χ2v) is 8.99. The van der Waals surface area contributed by atoms with Crippen LogP contribution in [-0.2, 0) is 19.6 Å². The minimum absolute atomic E-state index is 0.0376. The number of quaternary nitrogens is 1. The number of thiophene rings is 1. The Kier molecular flexibility index (Phi) is 5.19. The Balaban J connectivity index is 1.29. The second-order valence-electron chi connectivity index (χ2n) is 7.88. The van der Waals surface area contributed by atoms with Gasteiger partial charge in [0.25, 0.3) is 5.91 Å². The largest absolute Gasteiger partial charge is 0.489 e. The van der Waals surface area contributed by atoms with E-state index in [-0.39, 0.29) is 12.1 Å². The summed E-state index contributed by atoms with van der Waals surface area (Å²) in [6.45, 7) is 6.02. The number of rotatable bonds is 5. The van der Waals surface area contributed by atoms with Gasteiger partial charge in [-0.05, 0) is 35.7 Å². The Morgan fingerprint density at radius 1 is 1.10 bits per heavy atom. The third kappa shape index (κ3) is 3.68. The first-order valence-corrected chi connectivity index (χ1v) is 11.3. The van der Waals surface area contributed by atoms with Gasteiger partial charge in [-0.3, -0.25) is 4.79 Å². The van der Waals surface area contributed by atoms with Gasteiger partial charge >= 0.3 is 0 Å². The third-order valence-electron chi connectivity index (χ3n) is 5.97. The number of amides is 1. The molecule has 5 rings (SSSR count). The zero-order valence-electron chi connectivity index (χ0n) is 17.0. The van der Waals surface area contributed by atoms with E-state index in [1.54, 1.807) is 16.2 Å². The molecule has 5 nitrogen and oxygen atoms in total. The molecule has 2 atom stereocenters. The number of likely N-dealkylation sites (N-methyl/N-ethyl adjacent to an activating group) is 1. The number of nitrogens with one attached hydrogen (secondary N) is 3. The van der Waals surface area contributed by atoms with Crippen molar-refractivity contribution in [1.82, 2.24) is 5.32 Å². The quantitative estimate of drug-likeness (QED) is 0.594. The summed E-state index contributed by atoms with van der Waals surface area (Å²) in [6.07, 6.45) is 0.764. The molecular formula is C24H26N3O2S+. The lowest BCUT2D eigenvalue weighted by atomic mass is 10.0. The Labute approximate surface area is 180 Å². The number of carbonyl (C=O) groups is 1. The van der Waals surface area contributed by atoms with Gasteiger partial charge in [-0.15, -0.1) is 11.3 Å². The van der Waals surface area contributed by atoms with E-state index in [2.05, 4.69) is 29.7 Å². The van der Waals surface area contributed by atoms with Crippen molar-refractivity contribution in [1.29, 1.82) is 0 Å². The molecule has 0 aliphatic carbocycles. The van der Waals surface area contributed by atoms with Crippen LogP contribution in [-0.4, -0.2) is 19.0 Å². The Hall–Kier alpha value is -2.83. The molecule has 1 aromatic heterocycles. The van der Waals surface area contributed by atoms with Crippen LogP contribution in [0.4, 0.5) is 5.00 Å². The van der Waals surface area contributed by atoms with Crippen molar-refractivity contribution < 1.29 is 14.4 Å². The van der Waals surface area contributed by atoms with Crippen LogP contribution in [0, 0.1) is 0 Å². The van der Waals surface area contributed by atoms with E-state index in [9.17, 15) is 4.79 Å². The maximum absolute atomic E-state index is 12.9. The van der Waals surface area contributed by atoms with Gasteiger partial charge in [-0.25, -0.2) is 0 Å². The average molecular weight is 421 g/mol.